The molecule has 310 valence electrons. The molecule has 0 saturated carbocycles. The monoisotopic (exact) mass is 852 g/mol. The van der Waals surface area contributed by atoms with Crippen LogP contribution in [0.25, 0.3) is 76.2 Å². The molecule has 0 aliphatic carbocycles. The van der Waals surface area contributed by atoms with Crippen LogP contribution < -0.4 is 16.4 Å². The Kier molecular flexibility index (Phi) is 7.29. The molecule has 0 bridgehead atoms. The van der Waals surface area contributed by atoms with E-state index in [4.69, 9.17) is 0 Å². The largest absolute Gasteiger partial charge is 0.308 e. The lowest BCUT2D eigenvalue weighted by atomic mass is 9.36. The maximum atomic E-state index is 2.61. The molecule has 0 N–H and O–H groups in total. The van der Waals surface area contributed by atoms with E-state index in [0.717, 1.165) is 0 Å². The van der Waals surface area contributed by atoms with Gasteiger partial charge in [-0.25, -0.2) is 0 Å². The molecule has 0 spiro atoms. The molecule has 6 heterocycles. The standard InChI is InChI=1S/C58H53BN2S2/c1-55(2,3)30-16-18-44-34(20-30)38-22-32(57(7,8)9)24-40-36-26-42-50(28-46(36)60(44)53(38)40)62-48-14-13-15-49-52(48)59(42)43-27-37-41-25-33(58(10,11)12)23-39-35-21-31(56(4,5)6)17-19-45(35)61(54(39)41)47(37)29-51(43)63-49/h13-29H,1-12H3. The number of hydrogen-bond acceptors (Lipinski definition) is 2. The first-order valence-electron chi connectivity index (χ1n) is 22.9. The normalized spacial score (nSPS) is 14.8. The van der Waals surface area contributed by atoms with Gasteiger partial charge in [0.05, 0.1) is 33.1 Å². The second kappa shape index (κ2) is 12.0. The molecule has 0 saturated heterocycles. The van der Waals surface area contributed by atoms with E-state index < -0.39 is 0 Å². The Balaban J connectivity index is 1.11. The number of benzene rings is 7. The minimum Gasteiger partial charge on any atom is -0.308 e. The van der Waals surface area contributed by atoms with Crippen LogP contribution in [-0.2, 0) is 21.7 Å². The molecular formula is C58H53BN2S2. The number of aromatic nitrogens is 2. The maximum absolute atomic E-state index is 2.61. The van der Waals surface area contributed by atoms with Crippen molar-refractivity contribution in [2.24, 2.45) is 0 Å². The van der Waals surface area contributed by atoms with Crippen molar-refractivity contribution in [3.05, 3.63) is 125 Å². The molecule has 13 rings (SSSR count). The summed E-state index contributed by atoms with van der Waals surface area (Å²) in [6, 6.07) is 41.8. The summed E-state index contributed by atoms with van der Waals surface area (Å²) in [5.41, 5.74) is 18.0. The van der Waals surface area contributed by atoms with Crippen molar-refractivity contribution in [3.63, 3.8) is 0 Å². The summed E-state index contributed by atoms with van der Waals surface area (Å²) in [4.78, 5) is 5.51. The summed E-state index contributed by atoms with van der Waals surface area (Å²) in [5, 5.41) is 10.9. The summed E-state index contributed by atoms with van der Waals surface area (Å²) in [7, 11) is 0. The van der Waals surface area contributed by atoms with Crippen LogP contribution in [-0.4, -0.2) is 15.5 Å². The molecule has 0 unspecified atom stereocenters. The molecule has 0 radical (unpaired) electrons. The molecule has 2 nitrogen and oxygen atoms in total. The van der Waals surface area contributed by atoms with Gasteiger partial charge in [-0.2, -0.15) is 0 Å². The molecule has 0 fully saturated rings. The van der Waals surface area contributed by atoms with Gasteiger partial charge in [-0.05, 0) is 122 Å². The van der Waals surface area contributed by atoms with Crippen LogP contribution in [0.15, 0.2) is 123 Å². The van der Waals surface area contributed by atoms with Crippen LogP contribution in [0.1, 0.15) is 105 Å². The average Bonchev–Trinajstić information content (AvgIpc) is 3.93. The Morgan fingerprint density at radius 2 is 0.698 bits per heavy atom. The first-order chi connectivity index (χ1) is 29.7. The Labute approximate surface area is 379 Å². The quantitative estimate of drug-likeness (QED) is 0.141. The predicted octanol–water partition coefficient (Wildman–Crippen LogP) is 14.6. The van der Waals surface area contributed by atoms with Crippen LogP contribution >= 0.6 is 23.5 Å². The lowest BCUT2D eigenvalue weighted by Crippen LogP contribution is -2.58. The second-order valence-corrected chi connectivity index (χ2v) is 25.3. The average molecular weight is 853 g/mol. The molecular weight excluding hydrogens is 800 g/mol. The minimum atomic E-state index is 0.0101. The zero-order chi connectivity index (χ0) is 43.6. The highest BCUT2D eigenvalue weighted by molar-refractivity contribution is 8.01. The van der Waals surface area contributed by atoms with Gasteiger partial charge in [0.1, 0.15) is 0 Å². The van der Waals surface area contributed by atoms with E-state index >= 15 is 0 Å². The van der Waals surface area contributed by atoms with Gasteiger partial charge in [-0.15, -0.1) is 0 Å². The van der Waals surface area contributed by atoms with Gasteiger partial charge in [0.2, 0.25) is 6.71 Å². The fraction of sp³-hybridized carbons (Fsp3) is 0.276. The van der Waals surface area contributed by atoms with Crippen LogP contribution in [0, 0.1) is 0 Å². The third-order valence-corrected chi connectivity index (χ3v) is 17.2. The third kappa shape index (κ3) is 5.13. The van der Waals surface area contributed by atoms with E-state index in [2.05, 4.69) is 195 Å². The fourth-order valence-electron chi connectivity index (χ4n) is 11.3. The van der Waals surface area contributed by atoms with Crippen molar-refractivity contribution >= 4 is 123 Å². The molecule has 4 aromatic heterocycles. The summed E-state index contributed by atoms with van der Waals surface area (Å²) >= 11 is 3.94. The van der Waals surface area contributed by atoms with Gasteiger partial charge in [0.25, 0.3) is 0 Å². The summed E-state index contributed by atoms with van der Waals surface area (Å²) < 4.78 is 5.18. The molecule has 2 aliphatic rings. The predicted molar refractivity (Wildman–Crippen MR) is 276 cm³/mol. The number of hydrogen-bond donors (Lipinski definition) is 0. The summed E-state index contributed by atoms with van der Waals surface area (Å²) in [6.07, 6.45) is 0. The molecule has 0 atom stereocenters. The molecule has 0 amide bonds. The van der Waals surface area contributed by atoms with Crippen molar-refractivity contribution in [2.45, 2.75) is 124 Å². The topological polar surface area (TPSA) is 8.82 Å². The Hall–Kier alpha value is -5.10. The van der Waals surface area contributed by atoms with Crippen LogP contribution in [0.3, 0.4) is 0 Å². The Morgan fingerprint density at radius 3 is 1.06 bits per heavy atom. The molecule has 2 aliphatic heterocycles. The van der Waals surface area contributed by atoms with Crippen LogP contribution in [0.2, 0.25) is 0 Å². The van der Waals surface area contributed by atoms with Gasteiger partial charge < -0.3 is 8.80 Å². The third-order valence-electron chi connectivity index (χ3n) is 14.9. The zero-order valence-electron chi connectivity index (χ0n) is 38.6. The smallest absolute Gasteiger partial charge is 0.247 e. The van der Waals surface area contributed by atoms with E-state index in [0.29, 0.717) is 0 Å². The number of rotatable bonds is 0. The lowest BCUT2D eigenvalue weighted by molar-refractivity contribution is 0.590. The molecule has 7 aromatic carbocycles. The van der Waals surface area contributed by atoms with Crippen molar-refractivity contribution in [1.29, 1.82) is 0 Å². The Bertz CT molecular complexity index is 3590. The molecule has 11 aromatic rings. The summed E-state index contributed by atoms with van der Waals surface area (Å²) in [5.74, 6) is 0. The maximum Gasteiger partial charge on any atom is 0.247 e. The fourth-order valence-corrected chi connectivity index (χ4v) is 13.7. The van der Waals surface area contributed by atoms with E-state index in [-0.39, 0.29) is 28.4 Å². The Morgan fingerprint density at radius 1 is 0.349 bits per heavy atom. The first-order valence-corrected chi connectivity index (χ1v) is 24.5. The number of fused-ring (bicyclic) bond motifs is 16. The molecule has 5 heteroatoms. The number of nitrogens with zero attached hydrogens (tertiary/aromatic N) is 2. The highest BCUT2D eigenvalue weighted by atomic mass is 32.2. The van der Waals surface area contributed by atoms with E-state index in [1.165, 1.54) is 134 Å². The van der Waals surface area contributed by atoms with E-state index in [1.807, 2.05) is 23.5 Å². The van der Waals surface area contributed by atoms with Crippen molar-refractivity contribution in [1.82, 2.24) is 8.80 Å². The van der Waals surface area contributed by atoms with Gasteiger partial charge in [-0.1, -0.05) is 148 Å². The van der Waals surface area contributed by atoms with Gasteiger partial charge in [0, 0.05) is 62.7 Å². The van der Waals surface area contributed by atoms with Gasteiger partial charge in [0.15, 0.2) is 0 Å². The van der Waals surface area contributed by atoms with Gasteiger partial charge in [-0.3, -0.25) is 0 Å². The second-order valence-electron chi connectivity index (χ2n) is 23.1. The van der Waals surface area contributed by atoms with E-state index in [9.17, 15) is 0 Å². The molecule has 63 heavy (non-hydrogen) atoms. The van der Waals surface area contributed by atoms with Gasteiger partial charge >= 0.3 is 0 Å². The highest BCUT2D eigenvalue weighted by Crippen LogP contribution is 2.48. The van der Waals surface area contributed by atoms with Crippen molar-refractivity contribution in [2.75, 3.05) is 0 Å². The van der Waals surface area contributed by atoms with Crippen LogP contribution in [0.5, 0.6) is 0 Å². The van der Waals surface area contributed by atoms with Crippen molar-refractivity contribution < 1.29 is 0 Å². The minimum absolute atomic E-state index is 0.0101. The van der Waals surface area contributed by atoms with E-state index in [1.54, 1.807) is 0 Å². The SMILES string of the molecule is CC(C)(C)c1ccc2c(c1)c1cc(C(C)(C)C)cc3c4cc5c(cc4n2c13)Sc1cccc2c1B5c1cc3c4cc(C(C)(C)C)cc5c6cc(C(C)(C)C)ccc6n(c3cc1S2)c54. The first kappa shape index (κ1) is 38.4. The zero-order valence-corrected chi connectivity index (χ0v) is 40.2. The summed E-state index contributed by atoms with van der Waals surface area (Å²) in [6.45, 7) is 28.3. The lowest BCUT2D eigenvalue weighted by Gasteiger charge is -2.33. The van der Waals surface area contributed by atoms with Crippen molar-refractivity contribution in [3.8, 4) is 0 Å². The highest BCUT2D eigenvalue weighted by Gasteiger charge is 2.40. The van der Waals surface area contributed by atoms with Crippen LogP contribution in [0.4, 0.5) is 0 Å².